The molecule has 0 spiro atoms. The molecule has 6 heteroatoms. The molecule has 0 saturated heterocycles. The monoisotopic (exact) mass is 466 g/mol. The van der Waals surface area contributed by atoms with Gasteiger partial charge in [-0.1, -0.05) is 78.3 Å². The first-order valence-corrected chi connectivity index (χ1v) is 11.8. The van der Waals surface area contributed by atoms with Crippen LogP contribution >= 0.6 is 12.2 Å². The minimum absolute atomic E-state index is 0.204. The molecule has 3 aromatic carbocycles. The summed E-state index contributed by atoms with van der Waals surface area (Å²) in [6.07, 6.45) is 0.990. The van der Waals surface area contributed by atoms with Crippen LogP contribution in [0.4, 0.5) is 5.69 Å². The van der Waals surface area contributed by atoms with Gasteiger partial charge in [0.15, 0.2) is 5.11 Å². The van der Waals surface area contributed by atoms with Crippen molar-refractivity contribution in [2.75, 3.05) is 4.90 Å². The predicted molar refractivity (Wildman–Crippen MR) is 140 cm³/mol. The fourth-order valence-corrected chi connectivity index (χ4v) is 4.70. The van der Waals surface area contributed by atoms with Crippen molar-refractivity contribution in [1.29, 1.82) is 0 Å². The highest BCUT2D eigenvalue weighted by Gasteiger charge is 2.34. The number of aromatic nitrogens is 2. The molecular formula is C28H26N4OS. The van der Waals surface area contributed by atoms with Crippen LogP contribution in [0.2, 0.25) is 0 Å². The van der Waals surface area contributed by atoms with Gasteiger partial charge in [0.1, 0.15) is 0 Å². The number of para-hydroxylation sites is 1. The number of benzene rings is 3. The molecule has 1 aromatic heterocycles. The molecule has 34 heavy (non-hydrogen) atoms. The van der Waals surface area contributed by atoms with Crippen LogP contribution in [0.3, 0.4) is 0 Å². The number of rotatable bonds is 5. The van der Waals surface area contributed by atoms with Crippen LogP contribution < -0.4 is 10.2 Å². The van der Waals surface area contributed by atoms with E-state index in [1.165, 1.54) is 5.56 Å². The van der Waals surface area contributed by atoms with Gasteiger partial charge >= 0.3 is 0 Å². The summed E-state index contributed by atoms with van der Waals surface area (Å²) in [7, 11) is 0. The molecule has 1 aliphatic rings. The topological polar surface area (TPSA) is 54.2 Å². The highest BCUT2D eigenvalue weighted by atomic mass is 32.1. The van der Waals surface area contributed by atoms with Gasteiger partial charge in [-0.2, -0.15) is 4.98 Å². The molecule has 1 unspecified atom stereocenters. The lowest BCUT2D eigenvalue weighted by Crippen LogP contribution is -2.46. The van der Waals surface area contributed by atoms with Crippen molar-refractivity contribution >= 4 is 28.6 Å². The number of thiocarbonyl (C=S) groups is 1. The molecule has 0 bridgehead atoms. The van der Waals surface area contributed by atoms with E-state index in [1.54, 1.807) is 0 Å². The lowest BCUT2D eigenvalue weighted by Gasteiger charge is -2.37. The van der Waals surface area contributed by atoms with Crippen molar-refractivity contribution in [1.82, 2.24) is 15.5 Å². The van der Waals surface area contributed by atoms with E-state index in [0.717, 1.165) is 40.1 Å². The molecule has 170 valence electrons. The van der Waals surface area contributed by atoms with Gasteiger partial charge in [0.2, 0.25) is 5.82 Å². The van der Waals surface area contributed by atoms with E-state index in [4.69, 9.17) is 21.7 Å². The van der Waals surface area contributed by atoms with Crippen LogP contribution in [0.15, 0.2) is 89.1 Å². The summed E-state index contributed by atoms with van der Waals surface area (Å²) in [5, 5.41) is 8.47. The minimum Gasteiger partial charge on any atom is -0.351 e. The zero-order valence-electron chi connectivity index (χ0n) is 19.4. The van der Waals surface area contributed by atoms with Crippen molar-refractivity contribution < 1.29 is 4.52 Å². The number of nitrogens with one attached hydrogen (secondary N) is 1. The Bertz CT molecular complexity index is 1360. The van der Waals surface area contributed by atoms with Gasteiger partial charge in [-0.3, -0.25) is 4.90 Å². The molecule has 5 nitrogen and oxygen atoms in total. The maximum absolute atomic E-state index is 5.86. The van der Waals surface area contributed by atoms with E-state index in [-0.39, 0.29) is 6.04 Å². The Morgan fingerprint density at radius 1 is 0.971 bits per heavy atom. The SMILES string of the molecule is CCc1ccc(C2NC(=S)N(c3ccccc3)C(C)=C2c2nc(-c3cccc(C)c3)no2)cc1. The third-order valence-electron chi connectivity index (χ3n) is 6.15. The standard InChI is InChI=1S/C28H26N4OS/c1-4-20-13-15-21(16-14-20)25-24(19(3)32(28(34)29-25)23-11-6-5-7-12-23)27-30-26(31-33-27)22-10-8-9-18(2)17-22/h5-17,25H,4H2,1-3H3,(H,29,34). The molecule has 0 aliphatic carbocycles. The van der Waals surface area contributed by atoms with Gasteiger partial charge in [-0.25, -0.2) is 0 Å². The van der Waals surface area contributed by atoms with Crippen LogP contribution in [0.25, 0.3) is 17.0 Å². The Balaban J connectivity index is 1.64. The molecule has 2 heterocycles. The fraction of sp³-hybridized carbons (Fsp3) is 0.179. The van der Waals surface area contributed by atoms with Gasteiger partial charge < -0.3 is 9.84 Å². The first-order chi connectivity index (χ1) is 16.5. The van der Waals surface area contributed by atoms with Crippen LogP contribution in [0.5, 0.6) is 0 Å². The summed E-state index contributed by atoms with van der Waals surface area (Å²) in [6.45, 7) is 6.26. The number of hydrogen-bond acceptors (Lipinski definition) is 4. The molecule has 1 N–H and O–H groups in total. The van der Waals surface area contributed by atoms with Crippen LogP contribution in [-0.4, -0.2) is 15.3 Å². The van der Waals surface area contributed by atoms with Crippen molar-refractivity contribution in [3.05, 3.63) is 107 Å². The van der Waals surface area contributed by atoms with E-state index >= 15 is 0 Å². The lowest BCUT2D eigenvalue weighted by atomic mass is 9.93. The van der Waals surface area contributed by atoms with Gasteiger partial charge in [-0.15, -0.1) is 0 Å². The second-order valence-electron chi connectivity index (χ2n) is 8.44. The second-order valence-corrected chi connectivity index (χ2v) is 8.83. The third kappa shape index (κ3) is 4.13. The minimum atomic E-state index is -0.204. The molecule has 0 amide bonds. The van der Waals surface area contributed by atoms with Crippen LogP contribution in [-0.2, 0) is 6.42 Å². The van der Waals surface area contributed by atoms with E-state index in [1.807, 2.05) is 47.4 Å². The average Bonchev–Trinajstić information content (AvgIpc) is 3.34. The first kappa shape index (κ1) is 22.0. The van der Waals surface area contributed by atoms with Gasteiger partial charge in [0, 0.05) is 16.9 Å². The van der Waals surface area contributed by atoms with Crippen molar-refractivity contribution in [3.63, 3.8) is 0 Å². The van der Waals surface area contributed by atoms with E-state index in [9.17, 15) is 0 Å². The molecule has 4 aromatic rings. The normalized spacial score (nSPS) is 16.0. The maximum Gasteiger partial charge on any atom is 0.258 e. The number of hydrogen-bond donors (Lipinski definition) is 1. The van der Waals surface area contributed by atoms with E-state index < -0.39 is 0 Å². The maximum atomic E-state index is 5.86. The summed E-state index contributed by atoms with van der Waals surface area (Å²) in [4.78, 5) is 6.84. The molecule has 0 saturated carbocycles. The van der Waals surface area contributed by atoms with Gasteiger partial charge in [0.05, 0.1) is 11.6 Å². The Morgan fingerprint density at radius 3 is 2.44 bits per heavy atom. The number of allylic oxidation sites excluding steroid dienone is 1. The Kier molecular flexibility index (Phi) is 5.99. The average molecular weight is 467 g/mol. The molecule has 1 atom stereocenters. The lowest BCUT2D eigenvalue weighted by molar-refractivity contribution is 0.404. The molecule has 5 rings (SSSR count). The summed E-state index contributed by atoms with van der Waals surface area (Å²) in [5.41, 5.74) is 7.30. The van der Waals surface area contributed by atoms with E-state index in [2.05, 4.69) is 67.6 Å². The summed E-state index contributed by atoms with van der Waals surface area (Å²) < 4.78 is 5.86. The van der Waals surface area contributed by atoms with Gasteiger partial charge in [0.25, 0.3) is 5.89 Å². The number of anilines is 1. The highest BCUT2D eigenvalue weighted by Crippen LogP contribution is 2.39. The van der Waals surface area contributed by atoms with Gasteiger partial charge in [-0.05, 0) is 61.8 Å². The Hall–Kier alpha value is -3.77. The van der Waals surface area contributed by atoms with Crippen molar-refractivity contribution in [2.45, 2.75) is 33.2 Å². The summed E-state index contributed by atoms with van der Waals surface area (Å²) in [5.74, 6) is 1.05. The fourth-order valence-electron chi connectivity index (χ4n) is 4.34. The third-order valence-corrected chi connectivity index (χ3v) is 6.45. The second kappa shape index (κ2) is 9.23. The molecular weight excluding hydrogens is 440 g/mol. The first-order valence-electron chi connectivity index (χ1n) is 11.4. The van der Waals surface area contributed by atoms with E-state index in [0.29, 0.717) is 16.8 Å². The quantitative estimate of drug-likeness (QED) is 0.340. The smallest absolute Gasteiger partial charge is 0.258 e. The molecule has 0 radical (unpaired) electrons. The number of nitrogens with zero attached hydrogens (tertiary/aromatic N) is 3. The van der Waals surface area contributed by atoms with Crippen LogP contribution in [0.1, 0.15) is 42.5 Å². The predicted octanol–water partition coefficient (Wildman–Crippen LogP) is 6.47. The van der Waals surface area contributed by atoms with Crippen LogP contribution in [0, 0.1) is 6.92 Å². The van der Waals surface area contributed by atoms with Crippen molar-refractivity contribution in [2.24, 2.45) is 0 Å². The summed E-state index contributed by atoms with van der Waals surface area (Å²) >= 11 is 5.82. The summed E-state index contributed by atoms with van der Waals surface area (Å²) in [6, 6.07) is 26.6. The zero-order chi connectivity index (χ0) is 23.7. The largest absolute Gasteiger partial charge is 0.351 e. The van der Waals surface area contributed by atoms with Crippen molar-refractivity contribution in [3.8, 4) is 11.4 Å². The molecule has 0 fully saturated rings. The zero-order valence-corrected chi connectivity index (χ0v) is 20.3. The number of aryl methyl sites for hydroxylation is 2. The molecule has 1 aliphatic heterocycles. The Labute approximate surface area is 205 Å². The highest BCUT2D eigenvalue weighted by molar-refractivity contribution is 7.80. The Morgan fingerprint density at radius 2 is 1.74 bits per heavy atom.